The lowest BCUT2D eigenvalue weighted by Crippen LogP contribution is -2.58. The maximum atomic E-state index is 14.2. The van der Waals surface area contributed by atoms with Gasteiger partial charge >= 0.3 is 5.97 Å². The Morgan fingerprint density at radius 3 is 2.68 bits per heavy atom. The number of ether oxygens (including phenoxy) is 1. The van der Waals surface area contributed by atoms with Crippen molar-refractivity contribution in [1.82, 2.24) is 0 Å². The van der Waals surface area contributed by atoms with Crippen LogP contribution < -0.4 is 0 Å². The fourth-order valence-electron chi connectivity index (χ4n) is 8.57. The van der Waals surface area contributed by atoms with E-state index in [0.717, 1.165) is 38.5 Å². The zero-order valence-electron chi connectivity index (χ0n) is 23.6. The van der Waals surface area contributed by atoms with Gasteiger partial charge in [-0.25, -0.2) is 0 Å². The minimum absolute atomic E-state index is 0.0446. The summed E-state index contributed by atoms with van der Waals surface area (Å²) in [5, 5.41) is 10.5. The normalized spacial score (nSPS) is 49.4. The van der Waals surface area contributed by atoms with Crippen molar-refractivity contribution in [2.24, 2.45) is 46.3 Å². The fraction of sp³-hybridized carbons (Fsp3) is 0.852. The van der Waals surface area contributed by atoms with Crippen LogP contribution in [0.1, 0.15) is 90.9 Å². The molecular weight excluding hydrogens is 388 g/mol. The monoisotopic (exact) mass is 434 g/mol. The topological polar surface area (TPSA) is 63.6 Å². The zero-order chi connectivity index (χ0) is 25.9. The second-order valence-corrected chi connectivity index (χ2v) is 11.4. The van der Waals surface area contributed by atoms with E-state index in [-0.39, 0.29) is 51.8 Å². The van der Waals surface area contributed by atoms with E-state index in [0.29, 0.717) is 31.1 Å². The van der Waals surface area contributed by atoms with E-state index >= 15 is 0 Å². The largest absolute Gasteiger partial charge is 0.469 e. The molecule has 0 saturated heterocycles. The molecule has 4 nitrogen and oxygen atoms in total. The quantitative estimate of drug-likeness (QED) is 0.480. The van der Waals surface area contributed by atoms with Crippen molar-refractivity contribution in [1.29, 1.82) is 0 Å². The molecule has 0 aromatic rings. The van der Waals surface area contributed by atoms with Gasteiger partial charge in [-0.15, -0.1) is 0 Å². The number of ketones is 1. The number of rotatable bonds is 4. The minimum Gasteiger partial charge on any atom is -0.469 e. The summed E-state index contributed by atoms with van der Waals surface area (Å²) in [5.41, 5.74) is -0.142. The van der Waals surface area contributed by atoms with Gasteiger partial charge < -0.3 is 9.84 Å². The molecule has 0 bridgehead atoms. The van der Waals surface area contributed by atoms with Crippen molar-refractivity contribution in [3.05, 3.63) is 11.6 Å². The highest BCUT2D eigenvalue weighted by atomic mass is 16.5. The van der Waals surface area contributed by atoms with Gasteiger partial charge in [-0.1, -0.05) is 26.8 Å². The number of hydrogen-bond donors (Lipinski definition) is 1. The lowest BCUT2D eigenvalue weighted by Gasteiger charge is -2.61. The van der Waals surface area contributed by atoms with Crippen molar-refractivity contribution in [2.45, 2.75) is 91.5 Å². The van der Waals surface area contributed by atoms with Gasteiger partial charge in [-0.2, -0.15) is 0 Å². The second kappa shape index (κ2) is 8.32. The van der Waals surface area contributed by atoms with Crippen LogP contribution in [-0.4, -0.2) is 30.1 Å². The van der Waals surface area contributed by atoms with Gasteiger partial charge in [-0.05, 0) is 104 Å². The number of aliphatic hydroxyl groups excluding tert-OH is 1. The number of carbonyl (C=O) groups is 2. The van der Waals surface area contributed by atoms with E-state index in [1.165, 1.54) is 7.11 Å². The van der Waals surface area contributed by atoms with Crippen molar-refractivity contribution in [3.8, 4) is 0 Å². The third kappa shape index (κ3) is 3.52. The van der Waals surface area contributed by atoms with Crippen LogP contribution in [0.5, 0.6) is 0 Å². The van der Waals surface area contributed by atoms with Gasteiger partial charge in [0.2, 0.25) is 0 Å². The lowest BCUT2D eigenvalue weighted by atomic mass is 9.43. The van der Waals surface area contributed by atoms with Crippen LogP contribution in [-0.2, 0) is 14.3 Å². The number of fused-ring (bicyclic) bond motifs is 5. The molecule has 4 rings (SSSR count). The Hall–Kier alpha value is -1.16. The molecule has 0 unspecified atom stereocenters. The molecule has 0 radical (unpaired) electrons. The number of Topliss-reactive ketones (excluding diaryl/α,β-unsaturated/α-hetero) is 1. The van der Waals surface area contributed by atoms with Crippen LogP contribution in [0, 0.1) is 46.3 Å². The molecule has 4 saturated carbocycles. The minimum atomic E-state index is -2.64. The molecule has 9 atom stereocenters. The SMILES string of the molecule is [2H]C(=C1C(=O)[C@@H]2[C@H](CC[C@]3(C)[C@@H]([C@H](C)CCC(=O)OC)CC[C@@H]23)[C@@]2(C)CC[C@@H](O)C[C@@H]12)C([2H])([2H])[2H]. The first-order chi connectivity index (χ1) is 16.3. The predicted octanol–water partition coefficient (Wildman–Crippen LogP) is 5.33. The van der Waals surface area contributed by atoms with Crippen molar-refractivity contribution in [2.75, 3.05) is 7.11 Å². The van der Waals surface area contributed by atoms with E-state index in [9.17, 15) is 14.7 Å². The van der Waals surface area contributed by atoms with E-state index in [1.807, 2.05) is 0 Å². The van der Waals surface area contributed by atoms with Gasteiger partial charge in [0.05, 0.1) is 14.6 Å². The summed E-state index contributed by atoms with van der Waals surface area (Å²) in [4.78, 5) is 25.9. The van der Waals surface area contributed by atoms with Gasteiger partial charge in [-0.3, -0.25) is 9.59 Å². The Balaban J connectivity index is 1.71. The maximum absolute atomic E-state index is 14.2. The Bertz CT molecular complexity index is 898. The highest BCUT2D eigenvalue weighted by Crippen LogP contribution is 2.68. The van der Waals surface area contributed by atoms with E-state index in [1.54, 1.807) is 0 Å². The molecule has 0 amide bonds. The van der Waals surface area contributed by atoms with Crippen LogP contribution >= 0.6 is 0 Å². The predicted molar refractivity (Wildman–Crippen MR) is 121 cm³/mol. The number of hydrogen-bond acceptors (Lipinski definition) is 4. The first-order valence-electron chi connectivity index (χ1n) is 14.3. The van der Waals surface area contributed by atoms with Gasteiger partial charge in [0.15, 0.2) is 5.78 Å². The summed E-state index contributed by atoms with van der Waals surface area (Å²) in [6.45, 7) is 4.06. The molecule has 174 valence electrons. The third-order valence-corrected chi connectivity index (χ3v) is 10.3. The molecule has 0 heterocycles. The average Bonchev–Trinajstić information content (AvgIpc) is 3.14. The molecule has 0 aromatic carbocycles. The maximum Gasteiger partial charge on any atom is 0.305 e. The third-order valence-electron chi connectivity index (χ3n) is 10.3. The van der Waals surface area contributed by atoms with Crippen molar-refractivity contribution < 1.29 is 24.9 Å². The summed E-state index contributed by atoms with van der Waals surface area (Å²) >= 11 is 0. The summed E-state index contributed by atoms with van der Waals surface area (Å²) in [6.07, 6.45) is 6.26. The summed E-state index contributed by atoms with van der Waals surface area (Å²) in [7, 11) is 1.42. The Kier molecular flexibility index (Phi) is 4.91. The highest BCUT2D eigenvalue weighted by molar-refractivity contribution is 5.99. The fourth-order valence-corrected chi connectivity index (χ4v) is 8.57. The number of methoxy groups -OCH3 is 1. The average molecular weight is 435 g/mol. The standard InChI is InChI=1S/C27H42O4/c1-6-18-22-15-17(28)11-13-27(22,4)21-12-14-26(3)19(16(2)7-10-23(29)31-5)8-9-20(26)24(21)25(18)30/h6,16-17,19-22,24,28H,7-15H2,1-5H3/t16-,17-,19-,20+,21+,22+,24+,26-,27-/m1/s1/i1D3,6D. The second-order valence-electron chi connectivity index (χ2n) is 11.4. The van der Waals surface area contributed by atoms with Gasteiger partial charge in [0.25, 0.3) is 0 Å². The molecule has 4 fully saturated rings. The van der Waals surface area contributed by atoms with Crippen molar-refractivity contribution in [3.63, 3.8) is 0 Å². The molecule has 31 heavy (non-hydrogen) atoms. The van der Waals surface area contributed by atoms with Gasteiger partial charge in [0.1, 0.15) is 0 Å². The highest BCUT2D eigenvalue weighted by Gasteiger charge is 2.64. The van der Waals surface area contributed by atoms with Crippen LogP contribution in [0.25, 0.3) is 0 Å². The molecular formula is C27H42O4. The zero-order valence-corrected chi connectivity index (χ0v) is 19.6. The van der Waals surface area contributed by atoms with Crippen LogP contribution in [0.3, 0.4) is 0 Å². The van der Waals surface area contributed by atoms with Crippen molar-refractivity contribution >= 4 is 11.8 Å². The summed E-state index contributed by atoms with van der Waals surface area (Å²) < 4.78 is 37.2. The first-order valence-corrected chi connectivity index (χ1v) is 12.3. The smallest absolute Gasteiger partial charge is 0.305 e. The Morgan fingerprint density at radius 1 is 1.26 bits per heavy atom. The van der Waals surface area contributed by atoms with Crippen LogP contribution in [0.4, 0.5) is 0 Å². The molecule has 1 N–H and O–H groups in total. The molecule has 4 aliphatic rings. The van der Waals surface area contributed by atoms with Gasteiger partial charge in [0, 0.05) is 16.5 Å². The van der Waals surface area contributed by atoms with Crippen LogP contribution in [0.15, 0.2) is 11.6 Å². The van der Waals surface area contributed by atoms with Crippen LogP contribution in [0.2, 0.25) is 0 Å². The van der Waals surface area contributed by atoms with E-state index < -0.39 is 19.0 Å². The Morgan fingerprint density at radius 2 is 1.97 bits per heavy atom. The summed E-state index contributed by atoms with van der Waals surface area (Å²) in [5.74, 6) is 0.0854. The number of carbonyl (C=O) groups excluding carboxylic acids is 2. The molecule has 0 aliphatic heterocycles. The first kappa shape index (κ1) is 18.3. The number of allylic oxidation sites excluding steroid dienone is 2. The molecule has 4 heteroatoms. The number of esters is 1. The number of aliphatic hydroxyl groups is 1. The Labute approximate surface area is 193 Å². The van der Waals surface area contributed by atoms with E-state index in [4.69, 9.17) is 10.2 Å². The molecule has 0 spiro atoms. The molecule has 4 aliphatic carbocycles. The van der Waals surface area contributed by atoms with E-state index in [2.05, 4.69) is 20.8 Å². The molecule has 0 aromatic heterocycles. The summed E-state index contributed by atoms with van der Waals surface area (Å²) in [6, 6.07) is -0.514. The lowest BCUT2D eigenvalue weighted by molar-refractivity contribution is -0.150.